The smallest absolute Gasteiger partial charge is 0.344 e. The molecule has 0 unspecified atom stereocenters. The fraction of sp³-hybridized carbons (Fsp3) is 0.174. The predicted molar refractivity (Wildman–Crippen MR) is 107 cm³/mol. The van der Waals surface area contributed by atoms with E-state index in [2.05, 4.69) is 18.7 Å². The van der Waals surface area contributed by atoms with Gasteiger partial charge in [0.15, 0.2) is 0 Å². The van der Waals surface area contributed by atoms with E-state index in [0.717, 1.165) is 30.2 Å². The van der Waals surface area contributed by atoms with E-state index in [-0.39, 0.29) is 5.63 Å². The van der Waals surface area contributed by atoms with Gasteiger partial charge in [-0.3, -0.25) is 0 Å². The van der Waals surface area contributed by atoms with E-state index in [1.54, 1.807) is 6.07 Å². The average Bonchev–Trinajstić information content (AvgIpc) is 2.67. The summed E-state index contributed by atoms with van der Waals surface area (Å²) >= 11 is 0. The highest BCUT2D eigenvalue weighted by molar-refractivity contribution is 5.82. The van der Waals surface area contributed by atoms with Crippen molar-refractivity contribution in [2.75, 3.05) is 6.61 Å². The van der Waals surface area contributed by atoms with Gasteiger partial charge in [-0.1, -0.05) is 48.6 Å². The minimum Gasteiger partial charge on any atom is -0.493 e. The number of rotatable bonds is 8. The maximum absolute atomic E-state index is 12.3. The molecule has 1 aromatic heterocycles. The second kappa shape index (κ2) is 8.86. The van der Waals surface area contributed by atoms with Crippen LogP contribution < -0.4 is 10.4 Å². The van der Waals surface area contributed by atoms with Crippen molar-refractivity contribution in [3.63, 3.8) is 0 Å². The molecule has 0 bridgehead atoms. The third-order valence-electron chi connectivity index (χ3n) is 4.05. The summed E-state index contributed by atoms with van der Waals surface area (Å²) in [6.07, 6.45) is 8.91. The van der Waals surface area contributed by atoms with E-state index >= 15 is 0 Å². The molecule has 0 amide bonds. The molecule has 0 radical (unpaired) electrons. The Balaban J connectivity index is 1.70. The highest BCUT2D eigenvalue weighted by atomic mass is 16.5. The molecular formula is C23H22O3. The van der Waals surface area contributed by atoms with Crippen LogP contribution in [0.1, 0.15) is 19.3 Å². The lowest BCUT2D eigenvalue weighted by Gasteiger charge is -2.07. The Hall–Kier alpha value is -3.07. The van der Waals surface area contributed by atoms with Crippen LogP contribution in [0.2, 0.25) is 0 Å². The largest absolute Gasteiger partial charge is 0.493 e. The SMILES string of the molecule is C=CCC=CCCCOc1ccc2cc(-c3ccccc3)c(=O)oc2c1. The summed E-state index contributed by atoms with van der Waals surface area (Å²) < 4.78 is 11.3. The molecule has 0 aliphatic rings. The van der Waals surface area contributed by atoms with Crippen molar-refractivity contribution >= 4 is 11.0 Å². The van der Waals surface area contributed by atoms with Crippen LogP contribution >= 0.6 is 0 Å². The number of allylic oxidation sites excluding steroid dienone is 3. The first-order chi connectivity index (χ1) is 12.8. The zero-order chi connectivity index (χ0) is 18.2. The maximum atomic E-state index is 12.3. The first-order valence-corrected chi connectivity index (χ1v) is 8.80. The van der Waals surface area contributed by atoms with E-state index in [0.29, 0.717) is 23.5 Å². The monoisotopic (exact) mass is 346 g/mol. The Bertz CT molecular complexity index is 952. The number of hydrogen-bond acceptors (Lipinski definition) is 3. The number of benzene rings is 2. The minimum atomic E-state index is -0.340. The van der Waals surface area contributed by atoms with Crippen molar-refractivity contribution < 1.29 is 9.15 Å². The van der Waals surface area contributed by atoms with Gasteiger partial charge >= 0.3 is 5.63 Å². The second-order valence-electron chi connectivity index (χ2n) is 6.00. The maximum Gasteiger partial charge on any atom is 0.344 e. The number of unbranched alkanes of at least 4 members (excludes halogenated alkanes) is 1. The highest BCUT2D eigenvalue weighted by Gasteiger charge is 2.08. The van der Waals surface area contributed by atoms with Crippen molar-refractivity contribution in [1.82, 2.24) is 0 Å². The van der Waals surface area contributed by atoms with Crippen molar-refractivity contribution in [2.45, 2.75) is 19.3 Å². The predicted octanol–water partition coefficient (Wildman–Crippen LogP) is 5.75. The second-order valence-corrected chi connectivity index (χ2v) is 6.00. The Morgan fingerprint density at radius 1 is 1.04 bits per heavy atom. The quantitative estimate of drug-likeness (QED) is 0.296. The molecule has 0 aliphatic heterocycles. The topological polar surface area (TPSA) is 39.4 Å². The molecule has 0 atom stereocenters. The third kappa shape index (κ3) is 4.51. The zero-order valence-electron chi connectivity index (χ0n) is 14.7. The first kappa shape index (κ1) is 17.7. The van der Waals surface area contributed by atoms with Gasteiger partial charge in [0.2, 0.25) is 0 Å². The molecule has 0 fully saturated rings. The zero-order valence-corrected chi connectivity index (χ0v) is 14.7. The molecule has 3 aromatic rings. The molecule has 3 heteroatoms. The van der Waals surface area contributed by atoms with Gasteiger partial charge in [-0.25, -0.2) is 4.79 Å². The van der Waals surface area contributed by atoms with Gasteiger partial charge in [0.25, 0.3) is 0 Å². The van der Waals surface area contributed by atoms with Gasteiger partial charge in [0.1, 0.15) is 11.3 Å². The van der Waals surface area contributed by atoms with Crippen LogP contribution in [0, 0.1) is 0 Å². The lowest BCUT2D eigenvalue weighted by Crippen LogP contribution is -2.03. The Kier molecular flexibility index (Phi) is 6.05. The van der Waals surface area contributed by atoms with E-state index < -0.39 is 0 Å². The molecule has 0 spiro atoms. The Morgan fingerprint density at radius 3 is 2.69 bits per heavy atom. The lowest BCUT2D eigenvalue weighted by atomic mass is 10.1. The van der Waals surface area contributed by atoms with Crippen LogP contribution in [0.15, 0.2) is 88.6 Å². The van der Waals surface area contributed by atoms with Gasteiger partial charge in [0.05, 0.1) is 12.2 Å². The fourth-order valence-corrected chi connectivity index (χ4v) is 2.70. The van der Waals surface area contributed by atoms with E-state index in [1.807, 2.05) is 54.6 Å². The Morgan fingerprint density at radius 2 is 1.88 bits per heavy atom. The molecule has 1 heterocycles. The number of hydrogen-bond donors (Lipinski definition) is 0. The molecule has 0 saturated heterocycles. The minimum absolute atomic E-state index is 0.340. The molecule has 0 saturated carbocycles. The van der Waals surface area contributed by atoms with Crippen molar-refractivity contribution in [3.05, 3.63) is 89.8 Å². The summed E-state index contributed by atoms with van der Waals surface area (Å²) in [6.45, 7) is 4.30. The molecule has 132 valence electrons. The third-order valence-corrected chi connectivity index (χ3v) is 4.05. The van der Waals surface area contributed by atoms with Crippen LogP contribution in [-0.4, -0.2) is 6.61 Å². The van der Waals surface area contributed by atoms with Crippen molar-refractivity contribution in [3.8, 4) is 16.9 Å². The number of ether oxygens (including phenoxy) is 1. The van der Waals surface area contributed by atoms with Crippen molar-refractivity contribution in [1.29, 1.82) is 0 Å². The summed E-state index contributed by atoms with van der Waals surface area (Å²) in [5, 5.41) is 0.878. The van der Waals surface area contributed by atoms with E-state index in [4.69, 9.17) is 9.15 Å². The van der Waals surface area contributed by atoms with Gasteiger partial charge in [-0.2, -0.15) is 0 Å². The lowest BCUT2D eigenvalue weighted by molar-refractivity contribution is 0.312. The van der Waals surface area contributed by atoms with Crippen LogP contribution in [0.5, 0.6) is 5.75 Å². The molecule has 26 heavy (non-hydrogen) atoms. The summed E-state index contributed by atoms with van der Waals surface area (Å²) in [5.74, 6) is 0.711. The van der Waals surface area contributed by atoms with E-state index in [9.17, 15) is 4.79 Å². The van der Waals surface area contributed by atoms with Crippen LogP contribution in [0.3, 0.4) is 0 Å². The summed E-state index contributed by atoms with van der Waals surface area (Å²) in [7, 11) is 0. The fourth-order valence-electron chi connectivity index (χ4n) is 2.70. The van der Waals surface area contributed by atoms with Gasteiger partial charge in [-0.15, -0.1) is 6.58 Å². The van der Waals surface area contributed by atoms with Crippen LogP contribution in [-0.2, 0) is 0 Å². The standard InChI is InChI=1S/C23H22O3/c1-2-3-4-5-6-10-15-25-20-14-13-19-16-21(18-11-8-7-9-12-18)23(24)26-22(19)17-20/h2,4-5,7-9,11-14,16-17H,1,3,6,10,15H2. The number of fused-ring (bicyclic) bond motifs is 1. The molecule has 0 aliphatic carbocycles. The van der Waals surface area contributed by atoms with Gasteiger partial charge in [0, 0.05) is 11.5 Å². The normalized spacial score (nSPS) is 11.1. The molecule has 3 nitrogen and oxygen atoms in total. The molecule has 2 aromatic carbocycles. The molecule has 3 rings (SSSR count). The van der Waals surface area contributed by atoms with Gasteiger partial charge in [-0.05, 0) is 43.0 Å². The van der Waals surface area contributed by atoms with Gasteiger partial charge < -0.3 is 9.15 Å². The summed E-state index contributed by atoms with van der Waals surface area (Å²) in [4.78, 5) is 12.3. The molecule has 0 N–H and O–H groups in total. The van der Waals surface area contributed by atoms with Crippen LogP contribution in [0.4, 0.5) is 0 Å². The van der Waals surface area contributed by atoms with Crippen molar-refractivity contribution in [2.24, 2.45) is 0 Å². The highest BCUT2D eigenvalue weighted by Crippen LogP contribution is 2.24. The first-order valence-electron chi connectivity index (χ1n) is 8.80. The Labute approximate surface area is 153 Å². The van der Waals surface area contributed by atoms with Crippen LogP contribution in [0.25, 0.3) is 22.1 Å². The average molecular weight is 346 g/mol. The summed E-state index contributed by atoms with van der Waals surface area (Å²) in [6, 6.07) is 17.0. The van der Waals surface area contributed by atoms with E-state index in [1.165, 1.54) is 0 Å². The summed E-state index contributed by atoms with van der Waals surface area (Å²) in [5.41, 5.74) is 1.62. The molecular weight excluding hydrogens is 324 g/mol.